The number of carboxylic acids is 1. The van der Waals surface area contributed by atoms with Crippen molar-refractivity contribution in [2.75, 3.05) is 0 Å². The molecule has 0 fully saturated rings. The zero-order chi connectivity index (χ0) is 12.9. The number of rotatable bonds is 5. The highest BCUT2D eigenvalue weighted by molar-refractivity contribution is 5.83. The molecule has 1 atom stereocenters. The highest BCUT2D eigenvalue weighted by Gasteiger charge is 2.25. The van der Waals surface area contributed by atoms with Crippen molar-refractivity contribution in [2.24, 2.45) is 5.92 Å². The number of hydrogen-bond donors (Lipinski definition) is 3. The number of hydrogen-bond acceptors (Lipinski definition) is 2. The normalized spacial score (nSPS) is 13.4. The van der Waals surface area contributed by atoms with E-state index < -0.39 is 18.0 Å². The third kappa shape index (κ3) is 5.00. The minimum Gasteiger partial charge on any atom is -0.480 e. The van der Waals surface area contributed by atoms with Crippen LogP contribution >= 0.6 is 0 Å². The van der Waals surface area contributed by atoms with Crippen molar-refractivity contribution in [2.45, 2.75) is 52.6 Å². The van der Waals surface area contributed by atoms with Gasteiger partial charge < -0.3 is 15.7 Å². The summed E-state index contributed by atoms with van der Waals surface area (Å²) in [4.78, 5) is 22.4. The highest BCUT2D eigenvalue weighted by Crippen LogP contribution is 2.07. The highest BCUT2D eigenvalue weighted by atomic mass is 16.4. The monoisotopic (exact) mass is 230 g/mol. The molecule has 0 rings (SSSR count). The van der Waals surface area contributed by atoms with Crippen LogP contribution < -0.4 is 10.6 Å². The molecule has 0 bridgehead atoms. The van der Waals surface area contributed by atoms with E-state index in [0.717, 1.165) is 6.42 Å². The fourth-order valence-electron chi connectivity index (χ4n) is 1.09. The molecular formula is C11H22N2O3. The number of amides is 2. The average molecular weight is 230 g/mol. The van der Waals surface area contributed by atoms with Crippen LogP contribution in [0.2, 0.25) is 0 Å². The van der Waals surface area contributed by atoms with Crippen LogP contribution in [-0.2, 0) is 4.79 Å². The summed E-state index contributed by atoms with van der Waals surface area (Å²) in [5.74, 6) is -1.16. The first-order chi connectivity index (χ1) is 7.19. The Labute approximate surface area is 96.6 Å². The van der Waals surface area contributed by atoms with Gasteiger partial charge in [-0.2, -0.15) is 0 Å². The van der Waals surface area contributed by atoms with Gasteiger partial charge >= 0.3 is 12.0 Å². The lowest BCUT2D eigenvalue weighted by Crippen LogP contribution is -2.53. The summed E-state index contributed by atoms with van der Waals surface area (Å²) < 4.78 is 0. The molecule has 0 aromatic carbocycles. The van der Waals surface area contributed by atoms with Crippen LogP contribution in [-0.4, -0.2) is 28.7 Å². The van der Waals surface area contributed by atoms with Gasteiger partial charge in [-0.05, 0) is 26.2 Å². The molecule has 0 heterocycles. The zero-order valence-electron chi connectivity index (χ0n) is 10.6. The molecule has 0 unspecified atom stereocenters. The molecule has 16 heavy (non-hydrogen) atoms. The third-order valence-corrected chi connectivity index (χ3v) is 2.56. The Balaban J connectivity index is 4.37. The number of carboxylic acid groups (broad SMARTS) is 1. The standard InChI is InChI=1S/C11H22N2O3/c1-6-11(4,5)13-10(16)12-8(7(2)3)9(14)15/h7-8H,6H2,1-5H3,(H,14,15)(H2,12,13,16)/t8-/m0/s1. The van der Waals surface area contributed by atoms with Crippen LogP contribution in [0.3, 0.4) is 0 Å². The van der Waals surface area contributed by atoms with Crippen molar-refractivity contribution < 1.29 is 14.7 Å². The van der Waals surface area contributed by atoms with Crippen LogP contribution in [0.4, 0.5) is 4.79 Å². The van der Waals surface area contributed by atoms with Crippen LogP contribution in [0.15, 0.2) is 0 Å². The Kier molecular flexibility index (Phi) is 5.27. The Bertz CT molecular complexity index is 262. The van der Waals surface area contributed by atoms with Crippen molar-refractivity contribution in [1.29, 1.82) is 0 Å². The van der Waals surface area contributed by atoms with E-state index in [9.17, 15) is 9.59 Å². The van der Waals surface area contributed by atoms with E-state index in [2.05, 4.69) is 10.6 Å². The van der Waals surface area contributed by atoms with Gasteiger partial charge in [-0.1, -0.05) is 20.8 Å². The van der Waals surface area contributed by atoms with E-state index in [1.165, 1.54) is 0 Å². The van der Waals surface area contributed by atoms with Crippen molar-refractivity contribution in [3.63, 3.8) is 0 Å². The largest absolute Gasteiger partial charge is 0.480 e. The second-order valence-corrected chi connectivity index (χ2v) is 4.90. The van der Waals surface area contributed by atoms with Crippen molar-refractivity contribution in [3.8, 4) is 0 Å². The second kappa shape index (κ2) is 5.72. The van der Waals surface area contributed by atoms with E-state index in [-0.39, 0.29) is 11.5 Å². The fraction of sp³-hybridized carbons (Fsp3) is 0.818. The Morgan fingerprint density at radius 1 is 1.31 bits per heavy atom. The summed E-state index contributed by atoms with van der Waals surface area (Å²) in [6.45, 7) is 9.24. The van der Waals surface area contributed by atoms with E-state index in [1.54, 1.807) is 13.8 Å². The maximum absolute atomic E-state index is 11.6. The number of urea groups is 1. The van der Waals surface area contributed by atoms with Crippen LogP contribution in [0.25, 0.3) is 0 Å². The predicted octanol–water partition coefficient (Wildman–Crippen LogP) is 1.58. The molecule has 5 nitrogen and oxygen atoms in total. The molecule has 94 valence electrons. The van der Waals surface area contributed by atoms with Gasteiger partial charge in [0.05, 0.1) is 0 Å². The molecule has 0 aliphatic rings. The van der Waals surface area contributed by atoms with Gasteiger partial charge in [-0.3, -0.25) is 0 Å². The summed E-state index contributed by atoms with van der Waals surface area (Å²) >= 11 is 0. The van der Waals surface area contributed by atoms with Crippen LogP contribution in [0.5, 0.6) is 0 Å². The quantitative estimate of drug-likeness (QED) is 0.671. The maximum Gasteiger partial charge on any atom is 0.326 e. The summed E-state index contributed by atoms with van der Waals surface area (Å²) in [5, 5.41) is 14.1. The molecule has 3 N–H and O–H groups in total. The number of carbonyl (C=O) groups excluding carboxylic acids is 1. The third-order valence-electron chi connectivity index (χ3n) is 2.56. The zero-order valence-corrected chi connectivity index (χ0v) is 10.6. The first-order valence-electron chi connectivity index (χ1n) is 5.51. The molecule has 2 amide bonds. The smallest absolute Gasteiger partial charge is 0.326 e. The molecule has 0 aromatic heterocycles. The van der Waals surface area contributed by atoms with E-state index in [4.69, 9.17) is 5.11 Å². The van der Waals surface area contributed by atoms with Gasteiger partial charge in [-0.15, -0.1) is 0 Å². The predicted molar refractivity (Wildman–Crippen MR) is 62.3 cm³/mol. The van der Waals surface area contributed by atoms with Crippen molar-refractivity contribution in [1.82, 2.24) is 10.6 Å². The minimum atomic E-state index is -1.01. The molecule has 0 saturated carbocycles. The molecule has 0 spiro atoms. The molecule has 5 heteroatoms. The Morgan fingerprint density at radius 3 is 2.12 bits per heavy atom. The Morgan fingerprint density at radius 2 is 1.81 bits per heavy atom. The van der Waals surface area contributed by atoms with Gasteiger partial charge in [0, 0.05) is 5.54 Å². The molecule has 0 aromatic rings. The Hall–Kier alpha value is -1.26. The number of carbonyl (C=O) groups is 2. The minimum absolute atomic E-state index is 0.145. The van der Waals surface area contributed by atoms with Gasteiger partial charge in [0.2, 0.25) is 0 Å². The van der Waals surface area contributed by atoms with Crippen LogP contribution in [0.1, 0.15) is 41.0 Å². The van der Waals surface area contributed by atoms with E-state index in [1.807, 2.05) is 20.8 Å². The lowest BCUT2D eigenvalue weighted by molar-refractivity contribution is -0.140. The SMILES string of the molecule is CCC(C)(C)NC(=O)N[C@H](C(=O)O)C(C)C. The van der Waals surface area contributed by atoms with Crippen molar-refractivity contribution in [3.05, 3.63) is 0 Å². The topological polar surface area (TPSA) is 78.4 Å². The number of nitrogens with one attached hydrogen (secondary N) is 2. The first kappa shape index (κ1) is 14.7. The van der Waals surface area contributed by atoms with Gasteiger partial charge in [0.25, 0.3) is 0 Å². The summed E-state index contributed by atoms with van der Waals surface area (Å²) in [7, 11) is 0. The van der Waals surface area contributed by atoms with Crippen molar-refractivity contribution >= 4 is 12.0 Å². The summed E-state index contributed by atoms with van der Waals surface area (Å²) in [6.07, 6.45) is 0.778. The maximum atomic E-state index is 11.6. The first-order valence-corrected chi connectivity index (χ1v) is 5.51. The van der Waals surface area contributed by atoms with Gasteiger partial charge in [0.15, 0.2) is 0 Å². The van der Waals surface area contributed by atoms with Crippen LogP contribution in [0, 0.1) is 5.92 Å². The van der Waals surface area contributed by atoms with Gasteiger partial charge in [0.1, 0.15) is 6.04 Å². The van der Waals surface area contributed by atoms with E-state index in [0.29, 0.717) is 0 Å². The summed E-state index contributed by atoms with van der Waals surface area (Å²) in [5.41, 5.74) is -0.329. The molecule has 0 aliphatic carbocycles. The second-order valence-electron chi connectivity index (χ2n) is 4.90. The average Bonchev–Trinajstić information content (AvgIpc) is 2.12. The molecule has 0 aliphatic heterocycles. The molecule has 0 radical (unpaired) electrons. The lowest BCUT2D eigenvalue weighted by Gasteiger charge is -2.26. The fourth-order valence-corrected chi connectivity index (χ4v) is 1.09. The summed E-state index contributed by atoms with van der Waals surface area (Å²) in [6, 6.07) is -1.29. The molecular weight excluding hydrogens is 208 g/mol. The van der Waals surface area contributed by atoms with E-state index >= 15 is 0 Å². The lowest BCUT2D eigenvalue weighted by atomic mass is 10.0. The number of aliphatic carboxylic acids is 1. The molecule has 0 saturated heterocycles. The van der Waals surface area contributed by atoms with Gasteiger partial charge in [-0.25, -0.2) is 9.59 Å².